The third-order valence-electron chi connectivity index (χ3n) is 7.06. The fourth-order valence-electron chi connectivity index (χ4n) is 4.76. The van der Waals surface area contributed by atoms with Gasteiger partial charge in [0.05, 0.1) is 18.9 Å². The van der Waals surface area contributed by atoms with Gasteiger partial charge in [0.25, 0.3) is 5.91 Å². The van der Waals surface area contributed by atoms with Crippen LogP contribution in [0.4, 0.5) is 10.6 Å². The Balaban J connectivity index is 1.51. The zero-order valence-corrected chi connectivity index (χ0v) is 24.4. The van der Waals surface area contributed by atoms with Crippen molar-refractivity contribution in [2.24, 2.45) is 0 Å². The lowest BCUT2D eigenvalue weighted by Gasteiger charge is -2.36. The van der Waals surface area contributed by atoms with Crippen molar-refractivity contribution < 1.29 is 38.6 Å². The van der Waals surface area contributed by atoms with Crippen LogP contribution in [0.5, 0.6) is 0 Å². The number of aliphatic hydroxyl groups excluding tert-OH is 1. The molecule has 1 aromatic carbocycles. The van der Waals surface area contributed by atoms with E-state index in [1.165, 1.54) is 15.9 Å². The van der Waals surface area contributed by atoms with Crippen LogP contribution in [0.15, 0.2) is 36.4 Å². The van der Waals surface area contributed by atoms with Crippen molar-refractivity contribution in [3.63, 3.8) is 0 Å². The second kappa shape index (κ2) is 14.1. The fourth-order valence-corrected chi connectivity index (χ4v) is 5.48. The van der Waals surface area contributed by atoms with Gasteiger partial charge in [0.15, 0.2) is 5.82 Å². The summed E-state index contributed by atoms with van der Waals surface area (Å²) >= 11 is 0. The molecule has 0 radical (unpaired) electrons. The van der Waals surface area contributed by atoms with Crippen LogP contribution in [-0.4, -0.2) is 117 Å². The second-order valence-electron chi connectivity index (χ2n) is 10.3. The van der Waals surface area contributed by atoms with Crippen molar-refractivity contribution in [2.45, 2.75) is 38.3 Å². The number of β-amino-alcohol motifs (C(OH)–C–C–N with tert-alkyl or cyclic N) is 1. The summed E-state index contributed by atoms with van der Waals surface area (Å²) < 4.78 is 17.2. The smallest absolute Gasteiger partial charge is 0.409 e. The SMILES string of the molecule is CCCCOC(=O)N1CCN(C(=O)[C@H](CP(=O)(O)O)NC(=O)c2cc(N3CCC(O)C3)nc(-c3ccccc3)n2)CC1. The van der Waals surface area contributed by atoms with Gasteiger partial charge in [0.1, 0.15) is 17.6 Å². The van der Waals surface area contributed by atoms with Crippen molar-refractivity contribution in [3.8, 4) is 11.4 Å². The number of hydrogen-bond acceptors (Lipinski definition) is 9. The van der Waals surface area contributed by atoms with E-state index in [0.29, 0.717) is 37.5 Å². The minimum Gasteiger partial charge on any atom is -0.449 e. The predicted molar refractivity (Wildman–Crippen MR) is 153 cm³/mol. The summed E-state index contributed by atoms with van der Waals surface area (Å²) in [7, 11) is -4.72. The Labute approximate surface area is 243 Å². The van der Waals surface area contributed by atoms with Gasteiger partial charge in [-0.2, -0.15) is 0 Å². The van der Waals surface area contributed by atoms with E-state index in [4.69, 9.17) is 4.74 Å². The number of amides is 3. The summed E-state index contributed by atoms with van der Waals surface area (Å²) in [6.07, 6.45) is 0.242. The summed E-state index contributed by atoms with van der Waals surface area (Å²) in [5.41, 5.74) is 0.547. The highest BCUT2D eigenvalue weighted by molar-refractivity contribution is 7.51. The highest BCUT2D eigenvalue weighted by atomic mass is 31.2. The van der Waals surface area contributed by atoms with Crippen LogP contribution in [0.2, 0.25) is 0 Å². The van der Waals surface area contributed by atoms with Gasteiger partial charge >= 0.3 is 13.7 Å². The zero-order valence-electron chi connectivity index (χ0n) is 23.5. The molecule has 1 aromatic heterocycles. The Kier molecular flexibility index (Phi) is 10.5. The van der Waals surface area contributed by atoms with Crippen LogP contribution >= 0.6 is 7.60 Å². The quantitative estimate of drug-likeness (QED) is 0.225. The third-order valence-corrected chi connectivity index (χ3v) is 7.90. The minimum atomic E-state index is -4.72. The van der Waals surface area contributed by atoms with Gasteiger partial charge in [-0.15, -0.1) is 0 Å². The first-order chi connectivity index (χ1) is 20.0. The first-order valence-corrected chi connectivity index (χ1v) is 15.8. The van der Waals surface area contributed by atoms with Crippen LogP contribution < -0.4 is 10.2 Å². The van der Waals surface area contributed by atoms with Crippen molar-refractivity contribution >= 4 is 31.3 Å². The summed E-state index contributed by atoms with van der Waals surface area (Å²) in [6, 6.07) is 8.87. The summed E-state index contributed by atoms with van der Waals surface area (Å²) in [5.74, 6) is -0.823. The highest BCUT2D eigenvalue weighted by Gasteiger charge is 2.35. The lowest BCUT2D eigenvalue weighted by Crippen LogP contribution is -2.56. The van der Waals surface area contributed by atoms with Gasteiger partial charge in [-0.1, -0.05) is 43.7 Å². The molecule has 14 nitrogen and oxygen atoms in total. The maximum atomic E-state index is 13.4. The molecule has 2 atom stereocenters. The molecule has 0 spiro atoms. The summed E-state index contributed by atoms with van der Waals surface area (Å²) in [6.45, 7) is 3.73. The number of unbranched alkanes of at least 4 members (excludes halogenated alkanes) is 1. The Morgan fingerprint density at radius 1 is 1.07 bits per heavy atom. The first kappa shape index (κ1) is 31.4. The number of carbonyl (C=O) groups excluding carboxylic acids is 3. The van der Waals surface area contributed by atoms with E-state index in [-0.39, 0.29) is 37.7 Å². The molecule has 42 heavy (non-hydrogen) atoms. The standard InChI is InChI=1S/C27H37N6O8P/c1-2-3-15-41-27(37)32-13-11-31(12-14-32)26(36)22(18-42(38,39)40)29-25(35)21-16-23(33-10-9-20(34)17-33)30-24(28-21)19-7-5-4-6-8-19/h4-8,16,20,22,34H,2-3,9-15,17-18H2,1H3,(H,29,35)(H2,38,39,40)/t20?,22-/m0/s1. The molecule has 4 N–H and O–H groups in total. The van der Waals surface area contributed by atoms with Gasteiger partial charge in [-0.25, -0.2) is 14.8 Å². The number of ether oxygens (including phenoxy) is 1. The van der Waals surface area contributed by atoms with Gasteiger partial charge in [-0.05, 0) is 12.8 Å². The van der Waals surface area contributed by atoms with E-state index in [2.05, 4.69) is 15.3 Å². The van der Waals surface area contributed by atoms with Gasteiger partial charge < -0.3 is 39.6 Å². The number of nitrogens with zero attached hydrogens (tertiary/aromatic N) is 5. The average Bonchev–Trinajstić information content (AvgIpc) is 3.42. The average molecular weight is 605 g/mol. The molecule has 3 amide bonds. The number of rotatable bonds is 10. The molecule has 1 unspecified atom stereocenters. The maximum absolute atomic E-state index is 13.4. The molecule has 0 bridgehead atoms. The Morgan fingerprint density at radius 2 is 1.76 bits per heavy atom. The monoisotopic (exact) mass is 604 g/mol. The number of aromatic nitrogens is 2. The zero-order chi connectivity index (χ0) is 30.3. The second-order valence-corrected chi connectivity index (χ2v) is 12.0. The van der Waals surface area contributed by atoms with E-state index in [9.17, 15) is 33.8 Å². The number of carbonyl (C=O) groups is 3. The number of aliphatic hydroxyl groups is 1. The largest absolute Gasteiger partial charge is 0.449 e. The van der Waals surface area contributed by atoms with Crippen molar-refractivity contribution in [1.82, 2.24) is 25.1 Å². The van der Waals surface area contributed by atoms with Crippen molar-refractivity contribution in [1.29, 1.82) is 0 Å². The third kappa shape index (κ3) is 8.48. The molecule has 3 heterocycles. The van der Waals surface area contributed by atoms with Gasteiger partial charge in [0, 0.05) is 50.9 Å². The maximum Gasteiger partial charge on any atom is 0.409 e. The lowest BCUT2D eigenvalue weighted by atomic mass is 10.2. The number of benzene rings is 1. The molecule has 2 saturated heterocycles. The van der Waals surface area contributed by atoms with E-state index in [0.717, 1.165) is 12.8 Å². The number of nitrogens with one attached hydrogen (secondary N) is 1. The van der Waals surface area contributed by atoms with E-state index < -0.39 is 43.8 Å². The first-order valence-electron chi connectivity index (χ1n) is 14.0. The van der Waals surface area contributed by atoms with Crippen molar-refractivity contribution in [2.75, 3.05) is 56.9 Å². The molecular weight excluding hydrogens is 567 g/mol. The van der Waals surface area contributed by atoms with Gasteiger partial charge in [0.2, 0.25) is 5.91 Å². The molecule has 0 aliphatic carbocycles. The highest BCUT2D eigenvalue weighted by Crippen LogP contribution is 2.35. The van der Waals surface area contributed by atoms with Crippen LogP contribution in [-0.2, 0) is 14.1 Å². The molecule has 2 aliphatic rings. The van der Waals surface area contributed by atoms with E-state index >= 15 is 0 Å². The minimum absolute atomic E-state index is 0.0941. The molecule has 2 aromatic rings. The van der Waals surface area contributed by atoms with Crippen molar-refractivity contribution in [3.05, 3.63) is 42.1 Å². The Hall–Kier alpha value is -3.58. The molecule has 15 heteroatoms. The van der Waals surface area contributed by atoms with E-state index in [1.807, 2.05) is 17.9 Å². The molecule has 0 saturated carbocycles. The predicted octanol–water partition coefficient (Wildman–Crippen LogP) is 1.07. The normalized spacial score (nSPS) is 18.1. The number of piperazine rings is 1. The summed E-state index contributed by atoms with van der Waals surface area (Å²) in [4.78, 5) is 72.1. The Bertz CT molecular complexity index is 1300. The molecule has 228 valence electrons. The van der Waals surface area contributed by atoms with Crippen LogP contribution in [0.25, 0.3) is 11.4 Å². The lowest BCUT2D eigenvalue weighted by molar-refractivity contribution is -0.134. The Morgan fingerprint density at radius 3 is 2.38 bits per heavy atom. The molecule has 2 fully saturated rings. The topological polar surface area (TPSA) is 186 Å². The van der Waals surface area contributed by atoms with Gasteiger partial charge in [-0.3, -0.25) is 14.2 Å². The molecule has 2 aliphatic heterocycles. The number of hydrogen-bond donors (Lipinski definition) is 4. The van der Waals surface area contributed by atoms with E-state index in [1.54, 1.807) is 24.3 Å². The molecule has 4 rings (SSSR count). The fraction of sp³-hybridized carbons (Fsp3) is 0.519. The van der Waals surface area contributed by atoms with Crippen LogP contribution in [0.3, 0.4) is 0 Å². The molecular formula is C27H37N6O8P. The van der Waals surface area contributed by atoms with Crippen LogP contribution in [0.1, 0.15) is 36.7 Å². The summed E-state index contributed by atoms with van der Waals surface area (Å²) in [5, 5.41) is 12.5. The van der Waals surface area contributed by atoms with Crippen LogP contribution in [0, 0.1) is 0 Å². The number of anilines is 1.